The molecule has 3 rings (SSSR count). The van der Waals surface area contributed by atoms with E-state index in [9.17, 15) is 4.79 Å². The second-order valence-electron chi connectivity index (χ2n) is 5.78. The SMILES string of the molecule is CC1(CNc2nc3ccc(C(=O)O)cc3o2)CCOCC1. The van der Waals surface area contributed by atoms with Crippen LogP contribution in [0.25, 0.3) is 11.1 Å². The zero-order valence-corrected chi connectivity index (χ0v) is 11.9. The van der Waals surface area contributed by atoms with E-state index in [0.717, 1.165) is 32.6 Å². The average molecular weight is 290 g/mol. The van der Waals surface area contributed by atoms with E-state index >= 15 is 0 Å². The Balaban J connectivity index is 1.73. The largest absolute Gasteiger partial charge is 0.478 e. The zero-order chi connectivity index (χ0) is 14.9. The molecule has 2 aromatic rings. The van der Waals surface area contributed by atoms with Gasteiger partial charge in [-0.05, 0) is 36.5 Å². The van der Waals surface area contributed by atoms with Gasteiger partial charge in [0.2, 0.25) is 0 Å². The van der Waals surface area contributed by atoms with Crippen molar-refractivity contribution in [3.63, 3.8) is 0 Å². The van der Waals surface area contributed by atoms with Gasteiger partial charge in [0, 0.05) is 19.8 Å². The summed E-state index contributed by atoms with van der Waals surface area (Å²) in [6.07, 6.45) is 2.01. The van der Waals surface area contributed by atoms with Gasteiger partial charge in [0.15, 0.2) is 5.58 Å². The van der Waals surface area contributed by atoms with E-state index in [-0.39, 0.29) is 11.0 Å². The number of fused-ring (bicyclic) bond motifs is 1. The van der Waals surface area contributed by atoms with Crippen molar-refractivity contribution in [3.8, 4) is 0 Å². The minimum atomic E-state index is -0.975. The molecule has 6 nitrogen and oxygen atoms in total. The summed E-state index contributed by atoms with van der Waals surface area (Å²) in [4.78, 5) is 15.3. The predicted molar refractivity (Wildman–Crippen MR) is 77.6 cm³/mol. The number of aromatic nitrogens is 1. The number of ether oxygens (including phenoxy) is 1. The average Bonchev–Trinajstić information content (AvgIpc) is 2.88. The van der Waals surface area contributed by atoms with Gasteiger partial charge in [0.1, 0.15) is 5.52 Å². The lowest BCUT2D eigenvalue weighted by atomic mass is 9.82. The third-order valence-corrected chi connectivity index (χ3v) is 4.00. The van der Waals surface area contributed by atoms with Crippen molar-refractivity contribution in [2.45, 2.75) is 19.8 Å². The first-order chi connectivity index (χ1) is 10.1. The summed E-state index contributed by atoms with van der Waals surface area (Å²) in [6, 6.07) is 5.10. The highest BCUT2D eigenvalue weighted by molar-refractivity contribution is 5.92. The summed E-state index contributed by atoms with van der Waals surface area (Å²) in [5.41, 5.74) is 1.50. The molecule has 1 aromatic heterocycles. The molecule has 112 valence electrons. The Hall–Kier alpha value is -2.08. The van der Waals surface area contributed by atoms with Crippen molar-refractivity contribution in [2.24, 2.45) is 5.41 Å². The van der Waals surface area contributed by atoms with Crippen LogP contribution >= 0.6 is 0 Å². The Kier molecular flexibility index (Phi) is 3.55. The van der Waals surface area contributed by atoms with Gasteiger partial charge in [-0.2, -0.15) is 4.98 Å². The van der Waals surface area contributed by atoms with Gasteiger partial charge in [0.05, 0.1) is 5.56 Å². The van der Waals surface area contributed by atoms with E-state index in [0.29, 0.717) is 17.1 Å². The maximum absolute atomic E-state index is 10.9. The Morgan fingerprint density at radius 1 is 1.43 bits per heavy atom. The van der Waals surface area contributed by atoms with E-state index in [2.05, 4.69) is 17.2 Å². The quantitative estimate of drug-likeness (QED) is 0.900. The summed E-state index contributed by atoms with van der Waals surface area (Å²) in [5.74, 6) is -0.975. The van der Waals surface area contributed by atoms with Crippen LogP contribution in [0.5, 0.6) is 0 Å². The fourth-order valence-corrected chi connectivity index (χ4v) is 2.46. The molecule has 0 radical (unpaired) electrons. The van der Waals surface area contributed by atoms with Crippen molar-refractivity contribution in [1.82, 2.24) is 4.98 Å². The van der Waals surface area contributed by atoms with Crippen molar-refractivity contribution < 1.29 is 19.1 Å². The van der Waals surface area contributed by atoms with Gasteiger partial charge in [-0.1, -0.05) is 6.92 Å². The van der Waals surface area contributed by atoms with Gasteiger partial charge in [-0.3, -0.25) is 0 Å². The van der Waals surface area contributed by atoms with Crippen LogP contribution in [0, 0.1) is 5.41 Å². The standard InChI is InChI=1S/C15H18N2O4/c1-15(4-6-20-7-5-15)9-16-14-17-11-3-2-10(13(18)19)8-12(11)21-14/h2-3,8H,4-7,9H2,1H3,(H,16,17)(H,18,19). The number of oxazole rings is 1. The number of benzene rings is 1. The van der Waals surface area contributed by atoms with Crippen LogP contribution in [0.15, 0.2) is 22.6 Å². The first kappa shape index (κ1) is 13.9. The lowest BCUT2D eigenvalue weighted by Gasteiger charge is -2.33. The Morgan fingerprint density at radius 3 is 2.90 bits per heavy atom. The maximum Gasteiger partial charge on any atom is 0.335 e. The molecule has 1 fully saturated rings. The number of rotatable bonds is 4. The zero-order valence-electron chi connectivity index (χ0n) is 11.9. The van der Waals surface area contributed by atoms with Gasteiger partial charge >= 0.3 is 5.97 Å². The number of carboxylic acid groups (broad SMARTS) is 1. The fourth-order valence-electron chi connectivity index (χ4n) is 2.46. The molecule has 1 aliphatic heterocycles. The summed E-state index contributed by atoms with van der Waals surface area (Å²) in [6.45, 7) is 4.55. The topological polar surface area (TPSA) is 84.6 Å². The number of aromatic carboxylic acids is 1. The molecule has 1 aliphatic rings. The number of hydrogen-bond donors (Lipinski definition) is 2. The summed E-state index contributed by atoms with van der Waals surface area (Å²) < 4.78 is 11.0. The normalized spacial score (nSPS) is 17.8. The number of hydrogen-bond acceptors (Lipinski definition) is 5. The van der Waals surface area contributed by atoms with E-state index in [1.54, 1.807) is 6.07 Å². The van der Waals surface area contributed by atoms with Crippen molar-refractivity contribution in [3.05, 3.63) is 23.8 Å². The number of anilines is 1. The van der Waals surface area contributed by atoms with E-state index in [1.807, 2.05) is 0 Å². The minimum Gasteiger partial charge on any atom is -0.478 e. The van der Waals surface area contributed by atoms with Gasteiger partial charge in [-0.15, -0.1) is 0 Å². The maximum atomic E-state index is 10.9. The van der Waals surface area contributed by atoms with E-state index in [4.69, 9.17) is 14.3 Å². The fraction of sp³-hybridized carbons (Fsp3) is 0.467. The molecular formula is C15H18N2O4. The second-order valence-corrected chi connectivity index (χ2v) is 5.78. The van der Waals surface area contributed by atoms with Crippen LogP contribution in [0.3, 0.4) is 0 Å². The van der Waals surface area contributed by atoms with Crippen LogP contribution in [-0.2, 0) is 4.74 Å². The minimum absolute atomic E-state index is 0.172. The lowest BCUT2D eigenvalue weighted by Crippen LogP contribution is -2.33. The van der Waals surface area contributed by atoms with Gasteiger partial charge in [0.25, 0.3) is 6.01 Å². The number of nitrogens with one attached hydrogen (secondary N) is 1. The summed E-state index contributed by atoms with van der Waals surface area (Å²) in [5, 5.41) is 12.2. The van der Waals surface area contributed by atoms with Crippen LogP contribution in [0.4, 0.5) is 6.01 Å². The highest BCUT2D eigenvalue weighted by atomic mass is 16.5. The van der Waals surface area contributed by atoms with Gasteiger partial charge < -0.3 is 19.6 Å². The molecule has 2 N–H and O–H groups in total. The summed E-state index contributed by atoms with van der Waals surface area (Å²) >= 11 is 0. The Morgan fingerprint density at radius 2 is 2.19 bits per heavy atom. The number of carbonyl (C=O) groups is 1. The highest BCUT2D eigenvalue weighted by Gasteiger charge is 2.27. The van der Waals surface area contributed by atoms with Crippen LogP contribution in [-0.4, -0.2) is 35.8 Å². The predicted octanol–water partition coefficient (Wildman–Crippen LogP) is 2.75. The molecule has 0 unspecified atom stereocenters. The number of carboxylic acids is 1. The highest BCUT2D eigenvalue weighted by Crippen LogP contribution is 2.30. The van der Waals surface area contributed by atoms with E-state index in [1.165, 1.54) is 12.1 Å². The van der Waals surface area contributed by atoms with Crippen LogP contribution in [0.1, 0.15) is 30.1 Å². The molecule has 0 bridgehead atoms. The van der Waals surface area contributed by atoms with Crippen LogP contribution < -0.4 is 5.32 Å². The lowest BCUT2D eigenvalue weighted by molar-refractivity contribution is 0.0298. The molecule has 0 saturated carbocycles. The smallest absolute Gasteiger partial charge is 0.335 e. The molecule has 1 aromatic carbocycles. The van der Waals surface area contributed by atoms with E-state index < -0.39 is 5.97 Å². The molecule has 2 heterocycles. The van der Waals surface area contributed by atoms with Crippen LogP contribution in [0.2, 0.25) is 0 Å². The van der Waals surface area contributed by atoms with Gasteiger partial charge in [-0.25, -0.2) is 4.79 Å². The van der Waals surface area contributed by atoms with Crippen molar-refractivity contribution in [2.75, 3.05) is 25.1 Å². The molecule has 1 saturated heterocycles. The summed E-state index contributed by atoms with van der Waals surface area (Å²) in [7, 11) is 0. The third kappa shape index (κ3) is 3.00. The molecular weight excluding hydrogens is 272 g/mol. The first-order valence-electron chi connectivity index (χ1n) is 7.01. The number of nitrogens with zero attached hydrogens (tertiary/aromatic N) is 1. The molecule has 0 aliphatic carbocycles. The molecule has 6 heteroatoms. The van der Waals surface area contributed by atoms with Crippen molar-refractivity contribution >= 4 is 23.1 Å². The first-order valence-corrected chi connectivity index (χ1v) is 7.01. The molecule has 21 heavy (non-hydrogen) atoms. The monoisotopic (exact) mass is 290 g/mol. The Bertz CT molecular complexity index is 659. The molecule has 0 spiro atoms. The van der Waals surface area contributed by atoms with Crippen molar-refractivity contribution in [1.29, 1.82) is 0 Å². The molecule has 0 atom stereocenters. The second kappa shape index (κ2) is 5.37. The third-order valence-electron chi connectivity index (χ3n) is 4.00. The molecule has 0 amide bonds. The Labute approximate surface area is 122 Å².